The van der Waals surface area contributed by atoms with Crippen molar-refractivity contribution in [3.63, 3.8) is 0 Å². The first-order valence-corrected chi connectivity index (χ1v) is 12.9. The van der Waals surface area contributed by atoms with Gasteiger partial charge in [0.2, 0.25) is 5.91 Å². The van der Waals surface area contributed by atoms with Gasteiger partial charge in [0.15, 0.2) is 0 Å². The molecular weight excluding hydrogens is 530 g/mol. The molecule has 3 unspecified atom stereocenters. The Morgan fingerprint density at radius 2 is 1.67 bits per heavy atom. The number of ether oxygens (including phenoxy) is 4. The van der Waals surface area contributed by atoms with Gasteiger partial charge in [-0.15, -0.1) is 0 Å². The Morgan fingerprint density at radius 3 is 2.36 bits per heavy atom. The number of carbonyl (C=O) groups is 3. The first-order valence-electron chi connectivity index (χ1n) is 12.5. The lowest BCUT2D eigenvalue weighted by Crippen LogP contribution is -2.49. The number of esters is 1. The zero-order valence-electron chi connectivity index (χ0n) is 21.8. The Bertz CT molecular complexity index is 1030. The van der Waals surface area contributed by atoms with Crippen LogP contribution >= 0.6 is 11.6 Å². The van der Waals surface area contributed by atoms with Crippen molar-refractivity contribution in [3.05, 3.63) is 70.7 Å². The maximum atomic E-state index is 12.6. The third-order valence-electron chi connectivity index (χ3n) is 5.42. The summed E-state index contributed by atoms with van der Waals surface area (Å²) in [5.74, 6) is -0.942. The highest BCUT2D eigenvalue weighted by Crippen LogP contribution is 2.23. The fourth-order valence-electron chi connectivity index (χ4n) is 3.32. The number of nitrogens with two attached hydrogens (primary N) is 1. The molecule has 5 N–H and O–H groups in total. The number of methoxy groups -OCH3 is 1. The van der Waals surface area contributed by atoms with Gasteiger partial charge in [0.05, 0.1) is 13.2 Å². The van der Waals surface area contributed by atoms with E-state index in [4.69, 9.17) is 36.3 Å². The molecule has 0 spiro atoms. The second kappa shape index (κ2) is 18.1. The summed E-state index contributed by atoms with van der Waals surface area (Å²) >= 11 is 6.13. The second-order valence-electron chi connectivity index (χ2n) is 8.52. The van der Waals surface area contributed by atoms with Crippen LogP contribution in [0, 0.1) is 0 Å². The smallest absolute Gasteiger partial charge is 0.407 e. The zero-order valence-corrected chi connectivity index (χ0v) is 22.6. The minimum Gasteiger partial charge on any atom is -0.463 e. The van der Waals surface area contributed by atoms with Gasteiger partial charge in [-0.1, -0.05) is 60.1 Å². The molecule has 0 aliphatic carbocycles. The van der Waals surface area contributed by atoms with Gasteiger partial charge in [-0.3, -0.25) is 9.59 Å². The van der Waals surface area contributed by atoms with E-state index in [2.05, 4.69) is 10.6 Å². The predicted octanol–water partition coefficient (Wildman–Crippen LogP) is 2.10. The minimum atomic E-state index is -1.07. The number of hydrogen-bond acceptors (Lipinski definition) is 9. The molecule has 0 radical (unpaired) electrons. The quantitative estimate of drug-likeness (QED) is 0.211. The molecule has 12 heteroatoms. The van der Waals surface area contributed by atoms with E-state index in [-0.39, 0.29) is 39.4 Å². The lowest BCUT2D eigenvalue weighted by Gasteiger charge is -2.22. The van der Waals surface area contributed by atoms with Gasteiger partial charge in [0, 0.05) is 30.7 Å². The molecule has 2 rings (SSSR count). The number of hydrogen-bond donors (Lipinski definition) is 4. The second-order valence-corrected chi connectivity index (χ2v) is 8.93. The van der Waals surface area contributed by atoms with Crippen molar-refractivity contribution in [1.29, 1.82) is 0 Å². The largest absolute Gasteiger partial charge is 0.463 e. The first kappa shape index (κ1) is 32.0. The number of rotatable bonds is 17. The van der Waals surface area contributed by atoms with E-state index in [0.717, 1.165) is 5.56 Å². The minimum absolute atomic E-state index is 0.0849. The number of benzene rings is 2. The summed E-state index contributed by atoms with van der Waals surface area (Å²) in [6.45, 7) is -0.229. The molecule has 0 aliphatic heterocycles. The number of aliphatic hydroxyl groups is 1. The molecule has 0 heterocycles. The van der Waals surface area contributed by atoms with Crippen molar-refractivity contribution < 1.29 is 38.4 Å². The fraction of sp³-hybridized carbons (Fsp3) is 0.444. The Hall–Kier alpha value is -3.22. The number of amides is 2. The Balaban J connectivity index is 1.92. The van der Waals surface area contributed by atoms with Crippen molar-refractivity contribution in [2.45, 2.75) is 37.6 Å². The van der Waals surface area contributed by atoms with Crippen LogP contribution in [0.15, 0.2) is 54.6 Å². The van der Waals surface area contributed by atoms with E-state index < -0.39 is 36.2 Å². The molecule has 3 atom stereocenters. The highest BCUT2D eigenvalue weighted by atomic mass is 35.5. The van der Waals surface area contributed by atoms with E-state index in [1.807, 2.05) is 30.3 Å². The fourth-order valence-corrected chi connectivity index (χ4v) is 3.58. The van der Waals surface area contributed by atoms with Gasteiger partial charge in [0.1, 0.15) is 31.5 Å². The molecule has 214 valence electrons. The summed E-state index contributed by atoms with van der Waals surface area (Å²) in [4.78, 5) is 37.0. The van der Waals surface area contributed by atoms with Crippen LogP contribution in [0.3, 0.4) is 0 Å². The van der Waals surface area contributed by atoms with Crippen LogP contribution in [0.4, 0.5) is 4.79 Å². The molecule has 0 fully saturated rings. The maximum Gasteiger partial charge on any atom is 0.407 e. The molecule has 2 amide bonds. The molecule has 0 aliphatic rings. The predicted molar refractivity (Wildman–Crippen MR) is 144 cm³/mol. The van der Waals surface area contributed by atoms with E-state index in [1.54, 1.807) is 24.3 Å². The molecule has 2 aromatic rings. The summed E-state index contributed by atoms with van der Waals surface area (Å²) in [7, 11) is 1.40. The molecule has 0 bridgehead atoms. The Kier molecular flexibility index (Phi) is 14.9. The lowest BCUT2D eigenvalue weighted by atomic mass is 10.1. The van der Waals surface area contributed by atoms with Gasteiger partial charge in [-0.05, 0) is 24.6 Å². The SMILES string of the molecule is COCC(NC(=O)OCC(COC(=O)CCCN)OCC(O)c1ccccc1Cl)C(=O)NCc1ccccc1. The van der Waals surface area contributed by atoms with Crippen LogP contribution < -0.4 is 16.4 Å². The van der Waals surface area contributed by atoms with Crippen molar-refractivity contribution in [2.75, 3.05) is 40.1 Å². The highest BCUT2D eigenvalue weighted by molar-refractivity contribution is 6.31. The summed E-state index contributed by atoms with van der Waals surface area (Å²) in [6.07, 6.45) is -2.28. The van der Waals surface area contributed by atoms with Crippen LogP contribution in [0.1, 0.15) is 30.1 Å². The first-order chi connectivity index (χ1) is 18.8. The number of nitrogens with one attached hydrogen (secondary N) is 2. The summed E-state index contributed by atoms with van der Waals surface area (Å²) < 4.78 is 21.2. The van der Waals surface area contributed by atoms with Crippen molar-refractivity contribution in [2.24, 2.45) is 5.73 Å². The number of aliphatic hydroxyl groups excluding tert-OH is 1. The Morgan fingerprint density at radius 1 is 0.974 bits per heavy atom. The van der Waals surface area contributed by atoms with Gasteiger partial charge in [-0.25, -0.2) is 4.79 Å². The summed E-state index contributed by atoms with van der Waals surface area (Å²) in [6, 6.07) is 15.0. The van der Waals surface area contributed by atoms with Crippen molar-refractivity contribution >= 4 is 29.6 Å². The van der Waals surface area contributed by atoms with Crippen molar-refractivity contribution in [1.82, 2.24) is 10.6 Å². The zero-order chi connectivity index (χ0) is 28.5. The topological polar surface area (TPSA) is 158 Å². The molecular formula is C27H36ClN3O8. The van der Waals surface area contributed by atoms with Crippen LogP contribution in [0.2, 0.25) is 5.02 Å². The van der Waals surface area contributed by atoms with Gasteiger partial charge >= 0.3 is 12.1 Å². The third-order valence-corrected chi connectivity index (χ3v) is 5.77. The van der Waals surface area contributed by atoms with E-state index >= 15 is 0 Å². The third kappa shape index (κ3) is 12.5. The summed E-state index contributed by atoms with van der Waals surface area (Å²) in [5.41, 5.74) is 6.77. The van der Waals surface area contributed by atoms with E-state index in [1.165, 1.54) is 7.11 Å². The Labute approximate surface area is 232 Å². The van der Waals surface area contributed by atoms with Gasteiger partial charge in [-0.2, -0.15) is 0 Å². The highest BCUT2D eigenvalue weighted by Gasteiger charge is 2.23. The average molecular weight is 566 g/mol. The van der Waals surface area contributed by atoms with Crippen LogP contribution in [0.5, 0.6) is 0 Å². The maximum absolute atomic E-state index is 12.6. The monoisotopic (exact) mass is 565 g/mol. The molecule has 0 aromatic heterocycles. The number of carbonyl (C=O) groups excluding carboxylic acids is 3. The number of alkyl carbamates (subject to hydrolysis) is 1. The molecule has 39 heavy (non-hydrogen) atoms. The van der Waals surface area contributed by atoms with Crippen LogP contribution in [0.25, 0.3) is 0 Å². The van der Waals surface area contributed by atoms with Crippen LogP contribution in [-0.4, -0.2) is 75.3 Å². The van der Waals surface area contributed by atoms with Gasteiger partial charge in [0.25, 0.3) is 0 Å². The standard InChI is InChI=1S/C27H36ClN3O8/c1-36-17-23(26(34)30-14-19-8-3-2-4-9-19)31-27(35)39-16-20(15-38-25(33)12-7-13-29)37-18-24(32)21-10-5-6-11-22(21)28/h2-6,8-11,20,23-24,32H,7,12-18,29H2,1H3,(H,30,34)(H,31,35). The van der Waals surface area contributed by atoms with Crippen molar-refractivity contribution in [3.8, 4) is 0 Å². The number of halogens is 1. The van der Waals surface area contributed by atoms with E-state index in [0.29, 0.717) is 23.6 Å². The molecule has 0 saturated heterocycles. The normalized spacial score (nSPS) is 13.1. The van der Waals surface area contributed by atoms with Crippen LogP contribution in [-0.2, 0) is 35.1 Å². The summed E-state index contributed by atoms with van der Waals surface area (Å²) in [5, 5.41) is 16.0. The lowest BCUT2D eigenvalue weighted by molar-refractivity contribution is -0.150. The molecule has 0 saturated carbocycles. The average Bonchev–Trinajstić information content (AvgIpc) is 2.94. The van der Waals surface area contributed by atoms with Gasteiger partial charge < -0.3 is 40.4 Å². The van der Waals surface area contributed by atoms with E-state index in [9.17, 15) is 19.5 Å². The molecule has 2 aromatic carbocycles. The molecule has 11 nitrogen and oxygen atoms in total.